The molecular formula is C18H19N5O2. The lowest BCUT2D eigenvalue weighted by Gasteiger charge is -2.16. The normalized spacial score (nSPS) is 11.8. The number of hydrogen-bond acceptors (Lipinski definition) is 5. The van der Waals surface area contributed by atoms with Crippen LogP contribution in [0.25, 0.3) is 5.69 Å². The van der Waals surface area contributed by atoms with E-state index >= 15 is 0 Å². The van der Waals surface area contributed by atoms with E-state index in [2.05, 4.69) is 20.8 Å². The molecule has 7 nitrogen and oxygen atoms in total. The zero-order valence-corrected chi connectivity index (χ0v) is 14.3. The third-order valence-corrected chi connectivity index (χ3v) is 3.73. The monoisotopic (exact) mass is 337 g/mol. The van der Waals surface area contributed by atoms with Gasteiger partial charge in [-0.3, -0.25) is 4.79 Å². The summed E-state index contributed by atoms with van der Waals surface area (Å²) in [5.41, 5.74) is 3.57. The van der Waals surface area contributed by atoms with Crippen LogP contribution in [0.2, 0.25) is 0 Å². The third-order valence-electron chi connectivity index (χ3n) is 3.73. The van der Waals surface area contributed by atoms with Crippen molar-refractivity contribution in [1.29, 1.82) is 0 Å². The minimum Gasteiger partial charge on any atom is -0.481 e. The number of nitrogens with zero attached hydrogens (tertiary/aromatic N) is 4. The summed E-state index contributed by atoms with van der Waals surface area (Å²) < 4.78 is 7.27. The van der Waals surface area contributed by atoms with Gasteiger partial charge in [-0.1, -0.05) is 12.1 Å². The number of hydrogen-bond donors (Lipinski definition) is 1. The van der Waals surface area contributed by atoms with Gasteiger partial charge >= 0.3 is 0 Å². The van der Waals surface area contributed by atoms with E-state index in [9.17, 15) is 4.79 Å². The molecule has 25 heavy (non-hydrogen) atoms. The molecule has 0 aliphatic heterocycles. The van der Waals surface area contributed by atoms with E-state index < -0.39 is 6.10 Å². The Morgan fingerprint density at radius 1 is 1.20 bits per heavy atom. The van der Waals surface area contributed by atoms with Crippen molar-refractivity contribution in [3.05, 3.63) is 59.9 Å². The number of aromatic nitrogens is 4. The number of nitrogens with one attached hydrogen (secondary N) is 1. The maximum Gasteiger partial charge on any atom is 0.265 e. The van der Waals surface area contributed by atoms with Gasteiger partial charge in [-0.2, -0.15) is 0 Å². The van der Waals surface area contributed by atoms with Crippen LogP contribution in [0.1, 0.15) is 18.1 Å². The average Bonchev–Trinajstić information content (AvgIpc) is 3.09. The summed E-state index contributed by atoms with van der Waals surface area (Å²) in [4.78, 5) is 12.4. The molecule has 1 amide bonds. The van der Waals surface area contributed by atoms with Crippen LogP contribution in [0.15, 0.2) is 48.8 Å². The Morgan fingerprint density at radius 3 is 2.72 bits per heavy atom. The summed E-state index contributed by atoms with van der Waals surface area (Å²) >= 11 is 0. The van der Waals surface area contributed by atoms with Crippen LogP contribution < -0.4 is 10.1 Å². The highest BCUT2D eigenvalue weighted by atomic mass is 16.5. The average molecular weight is 337 g/mol. The molecule has 1 N–H and O–H groups in total. The first kappa shape index (κ1) is 16.6. The van der Waals surface area contributed by atoms with Gasteiger partial charge in [-0.05, 0) is 72.7 Å². The van der Waals surface area contributed by atoms with E-state index in [1.54, 1.807) is 17.7 Å². The first-order valence-electron chi connectivity index (χ1n) is 7.91. The highest BCUT2D eigenvalue weighted by molar-refractivity contribution is 5.94. The summed E-state index contributed by atoms with van der Waals surface area (Å²) in [6.45, 7) is 5.63. The Morgan fingerprint density at radius 2 is 2.04 bits per heavy atom. The van der Waals surface area contributed by atoms with Crippen molar-refractivity contribution >= 4 is 11.6 Å². The van der Waals surface area contributed by atoms with Crippen molar-refractivity contribution in [3.8, 4) is 11.4 Å². The predicted molar refractivity (Wildman–Crippen MR) is 93.8 cm³/mol. The van der Waals surface area contributed by atoms with E-state index in [-0.39, 0.29) is 5.91 Å². The molecule has 0 spiro atoms. The van der Waals surface area contributed by atoms with Gasteiger partial charge in [0.05, 0.1) is 5.69 Å². The molecule has 0 aliphatic carbocycles. The molecule has 3 rings (SSSR count). The molecule has 0 radical (unpaired) electrons. The first-order valence-corrected chi connectivity index (χ1v) is 7.91. The smallest absolute Gasteiger partial charge is 0.265 e. The van der Waals surface area contributed by atoms with Crippen molar-refractivity contribution in [2.75, 3.05) is 5.32 Å². The molecule has 0 saturated heterocycles. The Kier molecular flexibility index (Phi) is 4.74. The second-order valence-electron chi connectivity index (χ2n) is 5.82. The Hall–Kier alpha value is -3.22. The highest BCUT2D eigenvalue weighted by Gasteiger charge is 2.15. The number of tetrazole rings is 1. The van der Waals surface area contributed by atoms with Gasteiger partial charge in [0.1, 0.15) is 12.1 Å². The molecule has 7 heteroatoms. The van der Waals surface area contributed by atoms with Crippen molar-refractivity contribution in [1.82, 2.24) is 20.2 Å². The molecule has 2 aromatic carbocycles. The fraction of sp³-hybridized carbons (Fsp3) is 0.222. The molecule has 1 heterocycles. The van der Waals surface area contributed by atoms with E-state index in [0.717, 1.165) is 16.8 Å². The second-order valence-corrected chi connectivity index (χ2v) is 5.82. The number of rotatable bonds is 5. The minimum absolute atomic E-state index is 0.212. The van der Waals surface area contributed by atoms with Gasteiger partial charge in [0.25, 0.3) is 5.91 Å². The highest BCUT2D eigenvalue weighted by Crippen LogP contribution is 2.19. The Labute approximate surface area is 145 Å². The first-order chi connectivity index (χ1) is 12.0. The maximum absolute atomic E-state index is 12.4. The quantitative estimate of drug-likeness (QED) is 0.774. The molecule has 1 atom stereocenters. The molecule has 3 aromatic rings. The topological polar surface area (TPSA) is 81.9 Å². The van der Waals surface area contributed by atoms with E-state index in [1.165, 1.54) is 6.33 Å². The van der Waals surface area contributed by atoms with Gasteiger partial charge in [0.2, 0.25) is 0 Å². The lowest BCUT2D eigenvalue weighted by molar-refractivity contribution is -0.122. The number of benzene rings is 2. The number of aryl methyl sites for hydroxylation is 2. The van der Waals surface area contributed by atoms with Crippen LogP contribution in [-0.2, 0) is 4.79 Å². The van der Waals surface area contributed by atoms with Crippen LogP contribution in [-0.4, -0.2) is 32.2 Å². The largest absolute Gasteiger partial charge is 0.481 e. The molecule has 1 unspecified atom stereocenters. The van der Waals surface area contributed by atoms with Crippen LogP contribution in [0.4, 0.5) is 5.69 Å². The third kappa shape index (κ3) is 4.00. The lowest BCUT2D eigenvalue weighted by Crippen LogP contribution is -2.30. The number of anilines is 1. The van der Waals surface area contributed by atoms with E-state index in [0.29, 0.717) is 11.4 Å². The van der Waals surface area contributed by atoms with Gasteiger partial charge in [-0.25, -0.2) is 4.68 Å². The van der Waals surface area contributed by atoms with Crippen molar-refractivity contribution in [3.63, 3.8) is 0 Å². The van der Waals surface area contributed by atoms with Gasteiger partial charge in [-0.15, -0.1) is 5.10 Å². The second kappa shape index (κ2) is 7.12. The van der Waals surface area contributed by atoms with Crippen LogP contribution in [0.5, 0.6) is 5.75 Å². The molecule has 1 aromatic heterocycles. The van der Waals surface area contributed by atoms with Crippen molar-refractivity contribution < 1.29 is 9.53 Å². The summed E-state index contributed by atoms with van der Waals surface area (Å²) in [6.07, 6.45) is 0.916. The molecular weight excluding hydrogens is 318 g/mol. The molecule has 0 saturated carbocycles. The Balaban J connectivity index is 1.67. The fourth-order valence-corrected chi connectivity index (χ4v) is 2.45. The number of carbonyl (C=O) groups excluding carboxylic acids is 1. The summed E-state index contributed by atoms with van der Waals surface area (Å²) in [7, 11) is 0. The number of ether oxygens (including phenoxy) is 1. The number of carbonyl (C=O) groups is 1. The van der Waals surface area contributed by atoms with Gasteiger partial charge in [0.15, 0.2) is 6.10 Å². The Bertz CT molecular complexity index is 877. The van der Waals surface area contributed by atoms with Crippen LogP contribution in [0, 0.1) is 13.8 Å². The number of amides is 1. The van der Waals surface area contributed by atoms with Gasteiger partial charge in [0, 0.05) is 5.69 Å². The predicted octanol–water partition coefficient (Wildman–Crippen LogP) is 2.69. The SMILES string of the molecule is Cc1cccc(OC(C)C(=O)Nc2ccc(-n3cnnn3)c(C)c2)c1. The molecule has 0 bridgehead atoms. The van der Waals surface area contributed by atoms with E-state index in [1.807, 2.05) is 50.2 Å². The minimum atomic E-state index is -0.610. The lowest BCUT2D eigenvalue weighted by atomic mass is 10.1. The summed E-state index contributed by atoms with van der Waals surface area (Å²) in [5.74, 6) is 0.462. The molecule has 128 valence electrons. The van der Waals surface area contributed by atoms with Crippen LogP contribution >= 0.6 is 0 Å². The summed E-state index contributed by atoms with van der Waals surface area (Å²) in [5, 5.41) is 14.0. The van der Waals surface area contributed by atoms with Crippen molar-refractivity contribution in [2.45, 2.75) is 26.9 Å². The summed E-state index contributed by atoms with van der Waals surface area (Å²) in [6, 6.07) is 13.1. The molecule has 0 aliphatic rings. The zero-order valence-electron chi connectivity index (χ0n) is 14.3. The van der Waals surface area contributed by atoms with Gasteiger partial charge < -0.3 is 10.1 Å². The zero-order chi connectivity index (χ0) is 17.8. The van der Waals surface area contributed by atoms with Crippen molar-refractivity contribution in [2.24, 2.45) is 0 Å². The van der Waals surface area contributed by atoms with E-state index in [4.69, 9.17) is 4.74 Å². The van der Waals surface area contributed by atoms with Crippen LogP contribution in [0.3, 0.4) is 0 Å². The fourth-order valence-electron chi connectivity index (χ4n) is 2.45. The standard InChI is InChI=1S/C18H19N5O2/c1-12-5-4-6-16(9-12)25-14(3)18(24)20-15-7-8-17(13(2)10-15)23-11-19-21-22-23/h4-11,14H,1-3H3,(H,20,24). The molecule has 0 fully saturated rings. The maximum atomic E-state index is 12.4.